The highest BCUT2D eigenvalue weighted by Gasteiger charge is 2.31. The van der Waals surface area contributed by atoms with Crippen LogP contribution in [0, 0.1) is 24.0 Å². The summed E-state index contributed by atoms with van der Waals surface area (Å²) in [6, 6.07) is 10.2. The van der Waals surface area contributed by atoms with Gasteiger partial charge in [-0.1, -0.05) is 6.07 Å². The van der Waals surface area contributed by atoms with E-state index in [2.05, 4.69) is 4.90 Å². The van der Waals surface area contributed by atoms with Gasteiger partial charge in [-0.2, -0.15) is 4.31 Å². The van der Waals surface area contributed by atoms with E-state index >= 15 is 0 Å². The highest BCUT2D eigenvalue weighted by Crippen LogP contribution is 2.29. The molecule has 2 aromatic rings. The van der Waals surface area contributed by atoms with Crippen molar-refractivity contribution in [3.05, 3.63) is 57.6 Å². The smallest absolute Gasteiger partial charge is 0.271 e. The van der Waals surface area contributed by atoms with Crippen molar-refractivity contribution in [1.82, 2.24) is 4.31 Å². The lowest BCUT2D eigenvalue weighted by molar-refractivity contribution is -0.385. The van der Waals surface area contributed by atoms with Gasteiger partial charge in [-0.3, -0.25) is 10.1 Å². The van der Waals surface area contributed by atoms with Gasteiger partial charge in [-0.05, 0) is 37.1 Å². The molecule has 1 fully saturated rings. The molecule has 0 aliphatic carbocycles. The zero-order valence-electron chi connectivity index (χ0n) is 16.1. The lowest BCUT2D eigenvalue weighted by atomic mass is 10.1. The Morgan fingerprint density at radius 2 is 1.75 bits per heavy atom. The molecule has 9 heteroatoms. The number of rotatable bonds is 5. The van der Waals surface area contributed by atoms with Crippen LogP contribution in [0.25, 0.3) is 0 Å². The van der Waals surface area contributed by atoms with Crippen molar-refractivity contribution in [2.24, 2.45) is 0 Å². The molecule has 1 aliphatic rings. The van der Waals surface area contributed by atoms with Crippen LogP contribution in [0.1, 0.15) is 11.1 Å². The summed E-state index contributed by atoms with van der Waals surface area (Å²) < 4.78 is 32.9. The summed E-state index contributed by atoms with van der Waals surface area (Å²) in [5.41, 5.74) is 1.89. The summed E-state index contributed by atoms with van der Waals surface area (Å²) in [4.78, 5) is 12.7. The van der Waals surface area contributed by atoms with E-state index in [0.717, 1.165) is 17.5 Å². The number of nitro groups is 1. The number of nitro benzene ring substituents is 1. The number of aryl methyl sites for hydroxylation is 1. The average Bonchev–Trinajstić information content (AvgIpc) is 2.69. The van der Waals surface area contributed by atoms with Gasteiger partial charge in [-0.25, -0.2) is 8.42 Å². The molecular formula is C19H23N3O5S. The molecule has 0 unspecified atom stereocenters. The number of non-ortho nitro benzene ring substituents is 1. The molecule has 0 radical (unpaired) electrons. The van der Waals surface area contributed by atoms with Crippen LogP contribution in [0.3, 0.4) is 0 Å². The van der Waals surface area contributed by atoms with Crippen molar-refractivity contribution in [3.8, 4) is 5.75 Å². The second-order valence-electron chi connectivity index (χ2n) is 6.74. The van der Waals surface area contributed by atoms with Gasteiger partial charge in [0.1, 0.15) is 5.75 Å². The van der Waals surface area contributed by atoms with E-state index in [4.69, 9.17) is 4.74 Å². The van der Waals surface area contributed by atoms with Crippen molar-refractivity contribution in [3.63, 3.8) is 0 Å². The van der Waals surface area contributed by atoms with Crippen molar-refractivity contribution in [1.29, 1.82) is 0 Å². The number of methoxy groups -OCH3 is 1. The van der Waals surface area contributed by atoms with Crippen molar-refractivity contribution < 1.29 is 18.1 Å². The van der Waals surface area contributed by atoms with Crippen LogP contribution in [0.2, 0.25) is 0 Å². The summed E-state index contributed by atoms with van der Waals surface area (Å²) in [7, 11) is -2.21. The number of sulfonamides is 1. The third-order valence-electron chi connectivity index (χ3n) is 5.09. The topological polar surface area (TPSA) is 93.0 Å². The Labute approximate surface area is 164 Å². The first-order valence-electron chi connectivity index (χ1n) is 8.89. The number of hydrogen-bond donors (Lipinski definition) is 0. The Bertz CT molecular complexity index is 999. The SMILES string of the molecule is COc1cccc(N2CCN(S(=O)(=O)c3cc([N+](=O)[O-])cc(C)c3C)CC2)c1. The predicted molar refractivity (Wildman–Crippen MR) is 107 cm³/mol. The normalized spacial score (nSPS) is 15.5. The third kappa shape index (κ3) is 3.81. The molecule has 0 amide bonds. The van der Waals surface area contributed by atoms with E-state index < -0.39 is 14.9 Å². The molecule has 2 aromatic carbocycles. The van der Waals surface area contributed by atoms with Crippen molar-refractivity contribution in [2.45, 2.75) is 18.7 Å². The van der Waals surface area contributed by atoms with Crippen LogP contribution in [-0.4, -0.2) is 50.9 Å². The van der Waals surface area contributed by atoms with E-state index in [0.29, 0.717) is 37.3 Å². The lowest BCUT2D eigenvalue weighted by Crippen LogP contribution is -2.48. The Balaban J connectivity index is 1.83. The minimum atomic E-state index is -3.81. The number of hydrogen-bond acceptors (Lipinski definition) is 6. The first kappa shape index (κ1) is 20.1. The maximum absolute atomic E-state index is 13.1. The second-order valence-corrected chi connectivity index (χ2v) is 8.64. The number of ether oxygens (including phenoxy) is 1. The van der Waals surface area contributed by atoms with Crippen molar-refractivity contribution >= 4 is 21.4 Å². The molecule has 150 valence electrons. The van der Waals surface area contributed by atoms with E-state index in [1.54, 1.807) is 21.0 Å². The third-order valence-corrected chi connectivity index (χ3v) is 7.12. The molecule has 0 spiro atoms. The van der Waals surface area contributed by atoms with Gasteiger partial charge in [0.25, 0.3) is 5.69 Å². The largest absolute Gasteiger partial charge is 0.497 e. The van der Waals surface area contributed by atoms with Gasteiger partial charge in [0.2, 0.25) is 10.0 Å². The Morgan fingerprint density at radius 1 is 1.07 bits per heavy atom. The van der Waals surface area contributed by atoms with Gasteiger partial charge < -0.3 is 9.64 Å². The van der Waals surface area contributed by atoms with Crippen LogP contribution < -0.4 is 9.64 Å². The molecule has 1 saturated heterocycles. The first-order chi connectivity index (χ1) is 13.2. The molecule has 0 aromatic heterocycles. The molecule has 1 aliphatic heterocycles. The summed E-state index contributed by atoms with van der Waals surface area (Å²) in [5, 5.41) is 11.2. The second kappa shape index (κ2) is 7.76. The Kier molecular flexibility index (Phi) is 5.57. The molecule has 0 saturated carbocycles. The highest BCUT2D eigenvalue weighted by molar-refractivity contribution is 7.89. The maximum Gasteiger partial charge on any atom is 0.271 e. The zero-order chi connectivity index (χ0) is 20.5. The fourth-order valence-corrected chi connectivity index (χ4v) is 5.05. The van der Waals surface area contributed by atoms with E-state index in [1.165, 1.54) is 10.4 Å². The Hall–Kier alpha value is -2.65. The summed E-state index contributed by atoms with van der Waals surface area (Å²) in [6.45, 7) is 5.03. The van der Waals surface area contributed by atoms with Crippen LogP contribution in [0.4, 0.5) is 11.4 Å². The lowest BCUT2D eigenvalue weighted by Gasteiger charge is -2.35. The zero-order valence-corrected chi connectivity index (χ0v) is 16.9. The minimum absolute atomic E-state index is 0.00836. The van der Waals surface area contributed by atoms with Gasteiger partial charge in [0.05, 0.1) is 16.9 Å². The predicted octanol–water partition coefficient (Wildman–Crippen LogP) is 2.73. The van der Waals surface area contributed by atoms with Crippen LogP contribution in [0.5, 0.6) is 5.75 Å². The van der Waals surface area contributed by atoms with E-state index in [1.807, 2.05) is 24.3 Å². The van der Waals surface area contributed by atoms with Gasteiger partial charge in [-0.15, -0.1) is 0 Å². The van der Waals surface area contributed by atoms with Crippen LogP contribution in [-0.2, 0) is 10.0 Å². The number of anilines is 1. The van der Waals surface area contributed by atoms with Gasteiger partial charge >= 0.3 is 0 Å². The number of benzene rings is 2. The summed E-state index contributed by atoms with van der Waals surface area (Å²) in [5.74, 6) is 0.746. The highest BCUT2D eigenvalue weighted by atomic mass is 32.2. The minimum Gasteiger partial charge on any atom is -0.497 e. The molecule has 0 atom stereocenters. The monoisotopic (exact) mass is 405 g/mol. The van der Waals surface area contributed by atoms with Crippen LogP contribution in [0.15, 0.2) is 41.3 Å². The van der Waals surface area contributed by atoms with Gasteiger partial charge in [0.15, 0.2) is 0 Å². The number of piperazine rings is 1. The van der Waals surface area contributed by atoms with E-state index in [-0.39, 0.29) is 10.6 Å². The van der Waals surface area contributed by atoms with Crippen LogP contribution >= 0.6 is 0 Å². The maximum atomic E-state index is 13.1. The fraction of sp³-hybridized carbons (Fsp3) is 0.368. The number of nitrogens with zero attached hydrogens (tertiary/aromatic N) is 3. The Morgan fingerprint density at radius 3 is 2.36 bits per heavy atom. The van der Waals surface area contributed by atoms with Gasteiger partial charge in [0, 0.05) is 50.1 Å². The molecule has 0 N–H and O–H groups in total. The fourth-order valence-electron chi connectivity index (χ4n) is 3.31. The molecule has 0 bridgehead atoms. The molecule has 28 heavy (non-hydrogen) atoms. The quantitative estimate of drug-likeness (QED) is 0.561. The van der Waals surface area contributed by atoms with E-state index in [9.17, 15) is 18.5 Å². The standard InChI is InChI=1S/C19H23N3O5S/c1-14-11-17(22(23)24)13-19(15(14)2)28(25,26)21-9-7-20(8-10-21)16-5-4-6-18(12-16)27-3/h4-6,11-13H,7-10H2,1-3H3. The molecule has 3 rings (SSSR count). The average molecular weight is 405 g/mol. The summed E-state index contributed by atoms with van der Waals surface area (Å²) in [6.07, 6.45) is 0. The first-order valence-corrected chi connectivity index (χ1v) is 10.3. The van der Waals surface area contributed by atoms with Crippen molar-refractivity contribution in [2.75, 3.05) is 38.2 Å². The summed E-state index contributed by atoms with van der Waals surface area (Å²) >= 11 is 0. The molecular weight excluding hydrogens is 382 g/mol. The molecule has 1 heterocycles. The molecule has 8 nitrogen and oxygen atoms in total.